The lowest BCUT2D eigenvalue weighted by atomic mass is 10.0. The number of nitrogens with one attached hydrogen (secondary N) is 3. The van der Waals surface area contributed by atoms with Gasteiger partial charge in [-0.3, -0.25) is 24.2 Å². The Morgan fingerprint density at radius 2 is 1.52 bits per heavy atom. The fourth-order valence-corrected chi connectivity index (χ4v) is 2.84. The second kappa shape index (κ2) is 15.8. The molecule has 4 atom stereocenters. The quantitative estimate of drug-likeness (QED) is 0.0683. The molecule has 0 aromatic carbocycles. The molecular weight excluding hydrogens is 432 g/mol. The average molecular weight is 473 g/mol. The minimum Gasteiger partial charge on any atom is -0.480 e. The second-order valence-corrected chi connectivity index (χ2v) is 8.20. The molecule has 0 saturated heterocycles. The van der Waals surface area contributed by atoms with E-state index in [-0.39, 0.29) is 11.9 Å². The predicted octanol–water partition coefficient (Wildman–Crippen LogP) is -2.29. The Hall–Kier alpha value is -2.93. The number of rotatable bonds is 16. The van der Waals surface area contributed by atoms with Gasteiger partial charge in [0.2, 0.25) is 17.7 Å². The molecule has 0 aromatic heterocycles. The first-order chi connectivity index (χ1) is 15.4. The van der Waals surface area contributed by atoms with Crippen molar-refractivity contribution in [1.82, 2.24) is 16.0 Å². The predicted molar refractivity (Wildman–Crippen MR) is 125 cm³/mol. The minimum absolute atomic E-state index is 0.0499. The normalized spacial score (nSPS) is 14.5. The third-order valence-electron chi connectivity index (χ3n) is 4.86. The Bertz CT molecular complexity index is 681. The van der Waals surface area contributed by atoms with Gasteiger partial charge < -0.3 is 44.0 Å². The number of carboxylic acids is 1. The Balaban J connectivity index is 5.19. The van der Waals surface area contributed by atoms with Gasteiger partial charge in [0.05, 0.1) is 6.04 Å². The van der Waals surface area contributed by atoms with Crippen LogP contribution in [0.1, 0.15) is 52.9 Å². The molecule has 13 nitrogen and oxygen atoms in total. The van der Waals surface area contributed by atoms with Crippen LogP contribution < -0.4 is 38.9 Å². The van der Waals surface area contributed by atoms with E-state index in [1.807, 2.05) is 0 Å². The summed E-state index contributed by atoms with van der Waals surface area (Å²) in [4.78, 5) is 52.8. The van der Waals surface area contributed by atoms with E-state index in [0.717, 1.165) is 0 Å². The lowest BCUT2D eigenvalue weighted by Crippen LogP contribution is -2.58. The van der Waals surface area contributed by atoms with Gasteiger partial charge >= 0.3 is 5.97 Å². The van der Waals surface area contributed by atoms with Gasteiger partial charge in [0.1, 0.15) is 18.1 Å². The van der Waals surface area contributed by atoms with E-state index in [2.05, 4.69) is 20.9 Å². The first-order valence-corrected chi connectivity index (χ1v) is 11.1. The van der Waals surface area contributed by atoms with Crippen molar-refractivity contribution in [2.24, 2.45) is 33.8 Å². The fourth-order valence-electron chi connectivity index (χ4n) is 2.84. The maximum Gasteiger partial charge on any atom is 0.325 e. The van der Waals surface area contributed by atoms with Crippen molar-refractivity contribution < 1.29 is 24.3 Å². The molecule has 0 radical (unpaired) electrons. The fraction of sp³-hybridized carbons (Fsp3) is 0.750. The number of aliphatic imine (C=N–C) groups is 1. The third kappa shape index (κ3) is 12.6. The summed E-state index contributed by atoms with van der Waals surface area (Å²) >= 11 is 0. The van der Waals surface area contributed by atoms with Crippen LogP contribution in [0.25, 0.3) is 0 Å². The number of carboxylic acid groups (broad SMARTS) is 1. The van der Waals surface area contributed by atoms with Crippen LogP contribution in [-0.4, -0.2) is 72.0 Å². The van der Waals surface area contributed by atoms with Crippen LogP contribution in [0.2, 0.25) is 0 Å². The molecule has 0 aliphatic rings. The molecule has 190 valence electrons. The van der Waals surface area contributed by atoms with Crippen LogP contribution in [0.5, 0.6) is 0 Å². The highest BCUT2D eigenvalue weighted by Crippen LogP contribution is 2.07. The third-order valence-corrected chi connectivity index (χ3v) is 4.86. The van der Waals surface area contributed by atoms with Gasteiger partial charge in [-0.2, -0.15) is 0 Å². The molecule has 4 unspecified atom stereocenters. The zero-order valence-corrected chi connectivity index (χ0v) is 19.7. The summed E-state index contributed by atoms with van der Waals surface area (Å²) in [7, 11) is 0. The van der Waals surface area contributed by atoms with E-state index in [1.54, 1.807) is 13.8 Å². The van der Waals surface area contributed by atoms with E-state index >= 15 is 0 Å². The molecule has 0 saturated carbocycles. The zero-order valence-electron chi connectivity index (χ0n) is 19.7. The number of carbonyl (C=O) groups is 4. The van der Waals surface area contributed by atoms with Crippen LogP contribution in [0, 0.1) is 5.92 Å². The van der Waals surface area contributed by atoms with Gasteiger partial charge in [-0.05, 0) is 51.5 Å². The Morgan fingerprint density at radius 1 is 0.879 bits per heavy atom. The molecule has 0 spiro atoms. The lowest BCUT2D eigenvalue weighted by Gasteiger charge is -2.26. The topological polar surface area (TPSA) is 241 Å². The number of carbonyl (C=O) groups excluding carboxylic acids is 3. The lowest BCUT2D eigenvalue weighted by molar-refractivity contribution is -0.142. The monoisotopic (exact) mass is 472 g/mol. The maximum absolute atomic E-state index is 12.9. The summed E-state index contributed by atoms with van der Waals surface area (Å²) in [5.74, 6) is -3.28. The number of hydrogen-bond acceptors (Lipinski definition) is 7. The first kappa shape index (κ1) is 30.1. The minimum atomic E-state index is -1.20. The van der Waals surface area contributed by atoms with Crippen molar-refractivity contribution in [2.75, 3.05) is 13.1 Å². The molecule has 13 heteroatoms. The van der Waals surface area contributed by atoms with Crippen molar-refractivity contribution in [1.29, 1.82) is 0 Å². The maximum atomic E-state index is 12.9. The van der Waals surface area contributed by atoms with E-state index in [4.69, 9.17) is 28.0 Å². The largest absolute Gasteiger partial charge is 0.480 e. The summed E-state index contributed by atoms with van der Waals surface area (Å²) in [5.41, 5.74) is 22.0. The van der Waals surface area contributed by atoms with Gasteiger partial charge in [-0.1, -0.05) is 13.8 Å². The number of amides is 3. The molecule has 0 aliphatic carbocycles. The van der Waals surface area contributed by atoms with Crippen LogP contribution in [0.15, 0.2) is 4.99 Å². The Labute approximate surface area is 194 Å². The summed E-state index contributed by atoms with van der Waals surface area (Å²) in [6.45, 7) is 5.50. The summed E-state index contributed by atoms with van der Waals surface area (Å²) in [6.07, 6.45) is 2.31. The zero-order chi connectivity index (χ0) is 25.6. The van der Waals surface area contributed by atoms with Gasteiger partial charge in [-0.25, -0.2) is 0 Å². The SMILES string of the molecule is CC(NC(=O)C(NC(=O)C(CCCCN)NC(=O)C(N)CCCN=C(N)N)C(C)C)C(=O)O. The second-order valence-electron chi connectivity index (χ2n) is 8.20. The van der Waals surface area contributed by atoms with Gasteiger partial charge in [0.25, 0.3) is 0 Å². The smallest absolute Gasteiger partial charge is 0.325 e. The van der Waals surface area contributed by atoms with E-state index < -0.39 is 47.9 Å². The molecule has 0 aromatic rings. The standard InChI is InChI=1S/C20H40N8O5/c1-11(2)15(18(31)26-12(3)19(32)33)28-17(30)14(8-4-5-9-21)27-16(29)13(22)7-6-10-25-20(23)24/h11-15H,4-10,21-22H2,1-3H3,(H,26,31)(H,27,29)(H,28,30)(H,32,33)(H4,23,24,25). The molecule has 12 N–H and O–H groups in total. The number of nitrogens with zero attached hydrogens (tertiary/aromatic N) is 1. The van der Waals surface area contributed by atoms with Gasteiger partial charge in [-0.15, -0.1) is 0 Å². The van der Waals surface area contributed by atoms with Crippen molar-refractivity contribution in [3.8, 4) is 0 Å². The number of hydrogen-bond donors (Lipinski definition) is 8. The summed E-state index contributed by atoms with van der Waals surface area (Å²) in [5, 5.41) is 16.6. The molecule has 0 aliphatic heterocycles. The number of guanidine groups is 1. The number of aliphatic carboxylic acids is 1. The van der Waals surface area contributed by atoms with Crippen molar-refractivity contribution >= 4 is 29.7 Å². The van der Waals surface area contributed by atoms with Crippen LogP contribution in [-0.2, 0) is 19.2 Å². The Kier molecular flexibility index (Phi) is 14.4. The molecule has 0 fully saturated rings. The molecular formula is C20H40N8O5. The Morgan fingerprint density at radius 3 is 2.03 bits per heavy atom. The number of nitrogens with two attached hydrogens (primary N) is 4. The highest BCUT2D eigenvalue weighted by molar-refractivity contribution is 5.94. The number of unbranched alkanes of at least 4 members (excludes halogenated alkanes) is 1. The molecule has 0 rings (SSSR count). The van der Waals surface area contributed by atoms with Gasteiger partial charge in [0, 0.05) is 6.54 Å². The van der Waals surface area contributed by atoms with Crippen LogP contribution in [0.4, 0.5) is 0 Å². The van der Waals surface area contributed by atoms with Crippen molar-refractivity contribution in [2.45, 2.75) is 77.0 Å². The van der Waals surface area contributed by atoms with E-state index in [0.29, 0.717) is 45.2 Å². The van der Waals surface area contributed by atoms with Crippen LogP contribution in [0.3, 0.4) is 0 Å². The van der Waals surface area contributed by atoms with E-state index in [1.165, 1.54) is 6.92 Å². The molecule has 3 amide bonds. The summed E-state index contributed by atoms with van der Waals surface area (Å²) in [6, 6.07) is -3.91. The molecule has 0 bridgehead atoms. The van der Waals surface area contributed by atoms with Crippen molar-refractivity contribution in [3.05, 3.63) is 0 Å². The first-order valence-electron chi connectivity index (χ1n) is 11.1. The molecule has 33 heavy (non-hydrogen) atoms. The molecule has 0 heterocycles. The highest BCUT2D eigenvalue weighted by Gasteiger charge is 2.30. The van der Waals surface area contributed by atoms with Crippen molar-refractivity contribution in [3.63, 3.8) is 0 Å². The van der Waals surface area contributed by atoms with Crippen LogP contribution >= 0.6 is 0 Å². The highest BCUT2D eigenvalue weighted by atomic mass is 16.4. The van der Waals surface area contributed by atoms with Gasteiger partial charge in [0.15, 0.2) is 5.96 Å². The summed E-state index contributed by atoms with van der Waals surface area (Å²) < 4.78 is 0. The average Bonchev–Trinajstić information content (AvgIpc) is 2.73. The van der Waals surface area contributed by atoms with E-state index in [9.17, 15) is 19.2 Å².